The molecule has 0 N–H and O–H groups in total. The second kappa shape index (κ2) is 11.8. The van der Waals surface area contributed by atoms with Crippen LogP contribution in [0.15, 0.2) is 35.1 Å². The Bertz CT molecular complexity index is 1160. The molecule has 0 atom stereocenters. The van der Waals surface area contributed by atoms with Gasteiger partial charge in [-0.3, -0.25) is 0 Å². The van der Waals surface area contributed by atoms with Gasteiger partial charge in [0.1, 0.15) is 34.5 Å². The number of methoxy groups -OCH3 is 6. The molecule has 2 aromatic rings. The van der Waals surface area contributed by atoms with Crippen molar-refractivity contribution in [2.45, 2.75) is 0 Å². The number of benzene rings is 2. The van der Waals surface area contributed by atoms with Gasteiger partial charge in [0.2, 0.25) is 0 Å². The molecule has 2 aromatic carbocycles. The van der Waals surface area contributed by atoms with E-state index in [9.17, 15) is 16.8 Å². The molecule has 0 aromatic heterocycles. The average Bonchev–Trinajstić information content (AvgIpc) is 2.84. The number of hydrogen-bond donors (Lipinski definition) is 0. The minimum atomic E-state index is -4.19. The van der Waals surface area contributed by atoms with Gasteiger partial charge >= 0.3 is 0 Å². The van der Waals surface area contributed by atoms with E-state index in [4.69, 9.17) is 28.4 Å². The first kappa shape index (κ1) is 27.9. The summed E-state index contributed by atoms with van der Waals surface area (Å²) in [6.45, 7) is 0. The van der Waals surface area contributed by atoms with E-state index in [1.807, 2.05) is 0 Å². The largest absolute Gasteiger partial charge is 0.496 e. The highest BCUT2D eigenvalue weighted by atomic mass is 32.3. The van der Waals surface area contributed by atoms with Crippen molar-refractivity contribution < 1.29 is 45.3 Å². The second-order valence-corrected chi connectivity index (χ2v) is 11.1. The smallest absolute Gasteiger partial charge is 0.186 e. The first-order valence-electron chi connectivity index (χ1n) is 9.94. The Kier molecular flexibility index (Phi) is 9.43. The Morgan fingerprint density at radius 2 is 0.829 bits per heavy atom. The van der Waals surface area contributed by atoms with Crippen molar-refractivity contribution in [3.63, 3.8) is 0 Å². The predicted molar refractivity (Wildman–Crippen MR) is 133 cm³/mol. The van der Waals surface area contributed by atoms with Gasteiger partial charge in [-0.05, 0) is 12.2 Å². The van der Waals surface area contributed by atoms with E-state index in [-0.39, 0.29) is 23.0 Å². The molecule has 0 fully saturated rings. The Morgan fingerprint density at radius 3 is 1.06 bits per heavy atom. The van der Waals surface area contributed by atoms with E-state index in [0.29, 0.717) is 22.6 Å². The van der Waals surface area contributed by atoms with Crippen LogP contribution in [0.2, 0.25) is 0 Å². The van der Waals surface area contributed by atoms with E-state index in [1.54, 1.807) is 24.3 Å². The molecule has 12 heteroatoms. The van der Waals surface area contributed by atoms with Crippen molar-refractivity contribution >= 4 is 31.8 Å². The second-order valence-electron chi connectivity index (χ2n) is 6.94. The normalized spacial score (nSPS) is 12.1. The standard InChI is InChI=1S/C23H28O10S2/c1-28-16-11-20(30-3)18(21(12-16)31-4)7-9-34(24,25)15-35(26,27)10-8-19-22(32-5)13-17(29-2)14-23(19)33-6/h7-14H,15H2,1-6H3/b9-7+,10-8?. The molecule has 10 nitrogen and oxygen atoms in total. The fraction of sp³-hybridized carbons (Fsp3) is 0.304. The zero-order chi connectivity index (χ0) is 26.2. The van der Waals surface area contributed by atoms with Gasteiger partial charge in [-0.1, -0.05) is 0 Å². The van der Waals surface area contributed by atoms with E-state index in [2.05, 4.69) is 0 Å². The third kappa shape index (κ3) is 7.30. The van der Waals surface area contributed by atoms with Gasteiger partial charge in [0.15, 0.2) is 24.8 Å². The van der Waals surface area contributed by atoms with Gasteiger partial charge in [-0.25, -0.2) is 16.8 Å². The van der Waals surface area contributed by atoms with E-state index in [0.717, 1.165) is 10.8 Å². The highest BCUT2D eigenvalue weighted by Gasteiger charge is 2.20. The lowest BCUT2D eigenvalue weighted by Gasteiger charge is -2.12. The predicted octanol–water partition coefficient (Wildman–Crippen LogP) is 3.17. The third-order valence-corrected chi connectivity index (χ3v) is 8.45. The summed E-state index contributed by atoms with van der Waals surface area (Å²) in [5.41, 5.74) is 0.611. The first-order valence-corrected chi connectivity index (χ1v) is 13.4. The summed E-state index contributed by atoms with van der Waals surface area (Å²) >= 11 is 0. The summed E-state index contributed by atoms with van der Waals surface area (Å²) in [5, 5.41) is 0.425. The molecule has 0 heterocycles. The van der Waals surface area contributed by atoms with Crippen molar-refractivity contribution in [1.29, 1.82) is 0 Å². The minimum Gasteiger partial charge on any atom is -0.496 e. The Morgan fingerprint density at radius 1 is 0.543 bits per heavy atom. The summed E-state index contributed by atoms with van der Waals surface area (Å²) < 4.78 is 81.9. The zero-order valence-electron chi connectivity index (χ0n) is 20.2. The molecule has 0 aliphatic rings. The van der Waals surface area contributed by atoms with Crippen LogP contribution in [-0.4, -0.2) is 64.6 Å². The molecular formula is C23H28O10S2. The number of hydrogen-bond acceptors (Lipinski definition) is 10. The van der Waals surface area contributed by atoms with Crippen LogP contribution in [-0.2, 0) is 19.7 Å². The van der Waals surface area contributed by atoms with Crippen LogP contribution in [0.4, 0.5) is 0 Å². The summed E-state index contributed by atoms with van der Waals surface area (Å²) in [6, 6.07) is 6.18. The molecule has 0 aliphatic carbocycles. The summed E-state index contributed by atoms with van der Waals surface area (Å²) in [5.74, 6) is 2.03. The van der Waals surface area contributed by atoms with Crippen LogP contribution in [0.3, 0.4) is 0 Å². The third-order valence-electron chi connectivity index (χ3n) is 4.72. The number of rotatable bonds is 12. The fourth-order valence-corrected chi connectivity index (χ4v) is 6.19. The van der Waals surface area contributed by atoms with E-state index in [1.165, 1.54) is 54.8 Å². The zero-order valence-corrected chi connectivity index (χ0v) is 21.9. The van der Waals surface area contributed by atoms with Crippen LogP contribution >= 0.6 is 0 Å². The van der Waals surface area contributed by atoms with Crippen molar-refractivity contribution in [2.75, 3.05) is 47.7 Å². The van der Waals surface area contributed by atoms with Gasteiger partial charge in [0, 0.05) is 35.1 Å². The van der Waals surface area contributed by atoms with Crippen LogP contribution in [0.1, 0.15) is 11.1 Å². The lowest BCUT2D eigenvalue weighted by molar-refractivity contribution is 0.374. The van der Waals surface area contributed by atoms with Crippen molar-refractivity contribution in [2.24, 2.45) is 0 Å². The number of ether oxygens (including phenoxy) is 6. The molecule has 0 amide bonds. The maximum Gasteiger partial charge on any atom is 0.186 e. The topological polar surface area (TPSA) is 124 Å². The van der Waals surface area contributed by atoms with Crippen molar-refractivity contribution in [3.8, 4) is 34.5 Å². The van der Waals surface area contributed by atoms with Gasteiger partial charge in [-0.15, -0.1) is 0 Å². The molecule has 35 heavy (non-hydrogen) atoms. The monoisotopic (exact) mass is 528 g/mol. The summed E-state index contributed by atoms with van der Waals surface area (Å²) in [6.07, 6.45) is 2.42. The molecule has 192 valence electrons. The Hall–Kier alpha value is -3.38. The van der Waals surface area contributed by atoms with Crippen LogP contribution in [0.25, 0.3) is 12.2 Å². The molecular weight excluding hydrogens is 500 g/mol. The average molecular weight is 529 g/mol. The highest BCUT2D eigenvalue weighted by molar-refractivity contribution is 8.10. The lowest BCUT2D eigenvalue weighted by atomic mass is 10.1. The summed E-state index contributed by atoms with van der Waals surface area (Å²) in [4.78, 5) is 0. The quantitative estimate of drug-likeness (QED) is 0.406. The fourth-order valence-electron chi connectivity index (χ4n) is 3.04. The molecule has 2 rings (SSSR count). The van der Waals surface area contributed by atoms with E-state index < -0.39 is 24.8 Å². The molecule has 0 aliphatic heterocycles. The maximum absolute atomic E-state index is 12.6. The minimum absolute atomic E-state index is 0.286. The van der Waals surface area contributed by atoms with Gasteiger partial charge in [0.25, 0.3) is 0 Å². The van der Waals surface area contributed by atoms with Crippen molar-refractivity contribution in [1.82, 2.24) is 0 Å². The number of sulfone groups is 2. The summed E-state index contributed by atoms with van der Waals surface area (Å²) in [7, 11) is 0.135. The maximum atomic E-state index is 12.6. The van der Waals surface area contributed by atoms with Crippen molar-refractivity contribution in [3.05, 3.63) is 46.2 Å². The molecule has 0 unspecified atom stereocenters. The molecule has 0 saturated heterocycles. The van der Waals surface area contributed by atoms with Gasteiger partial charge in [-0.2, -0.15) is 0 Å². The van der Waals surface area contributed by atoms with E-state index >= 15 is 0 Å². The van der Waals surface area contributed by atoms with Gasteiger partial charge < -0.3 is 28.4 Å². The Balaban J connectivity index is 2.36. The lowest BCUT2D eigenvalue weighted by Crippen LogP contribution is -2.12. The van der Waals surface area contributed by atoms with Gasteiger partial charge in [0.05, 0.1) is 53.8 Å². The molecule has 0 saturated carbocycles. The SMILES string of the molecule is COc1cc(OC)c(C=CS(=O)(=O)CS(=O)(=O)/C=C/c2c(OC)cc(OC)cc2OC)c(OC)c1. The highest BCUT2D eigenvalue weighted by Crippen LogP contribution is 2.36. The molecule has 0 bridgehead atoms. The van der Waals surface area contributed by atoms with Crippen LogP contribution in [0, 0.1) is 0 Å². The van der Waals surface area contributed by atoms with Crippen LogP contribution < -0.4 is 28.4 Å². The first-order chi connectivity index (χ1) is 16.5. The molecule has 0 radical (unpaired) electrons. The Labute approximate surface area is 205 Å². The molecule has 0 spiro atoms. The van der Waals surface area contributed by atoms with Crippen LogP contribution in [0.5, 0.6) is 34.5 Å².